The Morgan fingerprint density at radius 1 is 1.40 bits per heavy atom. The third-order valence-corrected chi connectivity index (χ3v) is 2.39. The molecule has 0 aliphatic carbocycles. The summed E-state index contributed by atoms with van der Waals surface area (Å²) in [7, 11) is 1.62. The minimum absolute atomic E-state index is 0.288. The van der Waals surface area contributed by atoms with Gasteiger partial charge in [0.05, 0.1) is 12.2 Å². The molecule has 82 valence electrons. The number of carbonyl (C=O) groups is 1. The SMILES string of the molecule is COCC(C)(C)c1ccccc1C(=O)O. The molecule has 0 aromatic heterocycles. The molecule has 15 heavy (non-hydrogen) atoms. The number of benzene rings is 1. The number of aromatic carboxylic acids is 1. The Kier molecular flexibility index (Phi) is 3.48. The summed E-state index contributed by atoms with van der Waals surface area (Å²) in [6.07, 6.45) is 0. The van der Waals surface area contributed by atoms with Crippen LogP contribution in [0, 0.1) is 0 Å². The van der Waals surface area contributed by atoms with Gasteiger partial charge in [0.1, 0.15) is 0 Å². The van der Waals surface area contributed by atoms with E-state index in [-0.39, 0.29) is 5.41 Å². The van der Waals surface area contributed by atoms with Gasteiger partial charge < -0.3 is 9.84 Å². The van der Waals surface area contributed by atoms with Crippen molar-refractivity contribution in [3.8, 4) is 0 Å². The van der Waals surface area contributed by atoms with Crippen LogP contribution in [0.15, 0.2) is 24.3 Å². The van der Waals surface area contributed by atoms with Crippen molar-refractivity contribution in [3.63, 3.8) is 0 Å². The normalized spacial score (nSPS) is 11.4. The molecular weight excluding hydrogens is 192 g/mol. The van der Waals surface area contributed by atoms with Gasteiger partial charge in [-0.3, -0.25) is 0 Å². The van der Waals surface area contributed by atoms with Crippen LogP contribution in [-0.2, 0) is 10.2 Å². The molecular formula is C12H16O3. The van der Waals surface area contributed by atoms with E-state index in [0.29, 0.717) is 12.2 Å². The van der Waals surface area contributed by atoms with E-state index in [1.807, 2.05) is 26.0 Å². The van der Waals surface area contributed by atoms with E-state index in [2.05, 4.69) is 0 Å². The molecule has 0 aliphatic rings. The molecule has 1 N–H and O–H groups in total. The molecule has 0 bridgehead atoms. The van der Waals surface area contributed by atoms with Crippen LogP contribution in [0.5, 0.6) is 0 Å². The van der Waals surface area contributed by atoms with Gasteiger partial charge in [-0.05, 0) is 11.6 Å². The van der Waals surface area contributed by atoms with Gasteiger partial charge in [0.25, 0.3) is 0 Å². The third kappa shape index (κ3) is 2.57. The molecule has 3 heteroatoms. The summed E-state index contributed by atoms with van der Waals surface area (Å²) >= 11 is 0. The Morgan fingerprint density at radius 2 is 2.00 bits per heavy atom. The molecule has 0 radical (unpaired) electrons. The number of hydrogen-bond donors (Lipinski definition) is 1. The van der Waals surface area contributed by atoms with E-state index in [9.17, 15) is 4.79 Å². The molecule has 1 rings (SSSR count). The van der Waals surface area contributed by atoms with Crippen molar-refractivity contribution in [3.05, 3.63) is 35.4 Å². The highest BCUT2D eigenvalue weighted by Crippen LogP contribution is 2.26. The fourth-order valence-corrected chi connectivity index (χ4v) is 1.70. The summed E-state index contributed by atoms with van der Waals surface area (Å²) in [5.41, 5.74) is 0.864. The molecule has 0 saturated carbocycles. The standard InChI is InChI=1S/C12H16O3/c1-12(2,8-15-3)10-7-5-4-6-9(10)11(13)14/h4-7H,8H2,1-3H3,(H,13,14). The van der Waals surface area contributed by atoms with E-state index in [4.69, 9.17) is 9.84 Å². The monoisotopic (exact) mass is 208 g/mol. The van der Waals surface area contributed by atoms with Gasteiger partial charge in [-0.25, -0.2) is 4.79 Å². The topological polar surface area (TPSA) is 46.5 Å². The van der Waals surface area contributed by atoms with Gasteiger partial charge in [0.15, 0.2) is 0 Å². The second-order valence-corrected chi connectivity index (χ2v) is 4.17. The Morgan fingerprint density at radius 3 is 2.53 bits per heavy atom. The van der Waals surface area contributed by atoms with Crippen LogP contribution in [0.2, 0.25) is 0 Å². The average molecular weight is 208 g/mol. The number of methoxy groups -OCH3 is 1. The average Bonchev–Trinajstić information content (AvgIpc) is 2.17. The summed E-state index contributed by atoms with van der Waals surface area (Å²) < 4.78 is 5.10. The third-order valence-electron chi connectivity index (χ3n) is 2.39. The summed E-state index contributed by atoms with van der Waals surface area (Å²) in [6.45, 7) is 4.44. The predicted octanol–water partition coefficient (Wildman–Crippen LogP) is 2.31. The lowest BCUT2D eigenvalue weighted by atomic mass is 9.82. The smallest absolute Gasteiger partial charge is 0.335 e. The first kappa shape index (κ1) is 11.7. The van der Waals surface area contributed by atoms with Crippen molar-refractivity contribution >= 4 is 5.97 Å². The molecule has 0 heterocycles. The van der Waals surface area contributed by atoms with E-state index in [0.717, 1.165) is 5.56 Å². The van der Waals surface area contributed by atoms with Gasteiger partial charge in [-0.15, -0.1) is 0 Å². The maximum Gasteiger partial charge on any atom is 0.335 e. The molecule has 1 aromatic rings. The Bertz CT molecular complexity index is 356. The van der Waals surface area contributed by atoms with E-state index in [1.165, 1.54) is 0 Å². The number of rotatable bonds is 4. The first-order valence-electron chi connectivity index (χ1n) is 4.81. The van der Waals surface area contributed by atoms with Gasteiger partial charge in [0, 0.05) is 12.5 Å². The molecule has 0 fully saturated rings. The van der Waals surface area contributed by atoms with Gasteiger partial charge >= 0.3 is 5.97 Å². The second-order valence-electron chi connectivity index (χ2n) is 4.17. The molecule has 0 aliphatic heterocycles. The zero-order chi connectivity index (χ0) is 11.5. The Balaban J connectivity index is 3.18. The van der Waals surface area contributed by atoms with Crippen LogP contribution in [-0.4, -0.2) is 24.8 Å². The molecule has 0 atom stereocenters. The number of carboxylic acids is 1. The van der Waals surface area contributed by atoms with Crippen molar-refractivity contribution < 1.29 is 14.6 Å². The summed E-state index contributed by atoms with van der Waals surface area (Å²) in [6, 6.07) is 7.03. The Labute approximate surface area is 89.7 Å². The zero-order valence-electron chi connectivity index (χ0n) is 9.28. The van der Waals surface area contributed by atoms with Crippen molar-refractivity contribution in [1.82, 2.24) is 0 Å². The largest absolute Gasteiger partial charge is 0.478 e. The van der Waals surface area contributed by atoms with Gasteiger partial charge in [-0.1, -0.05) is 32.0 Å². The summed E-state index contributed by atoms with van der Waals surface area (Å²) in [5.74, 6) is -0.894. The van der Waals surface area contributed by atoms with Crippen molar-refractivity contribution in [2.45, 2.75) is 19.3 Å². The molecule has 0 spiro atoms. The highest BCUT2D eigenvalue weighted by atomic mass is 16.5. The lowest BCUT2D eigenvalue weighted by molar-refractivity contribution is 0.0691. The summed E-state index contributed by atoms with van der Waals surface area (Å²) in [5, 5.41) is 9.06. The molecule has 0 saturated heterocycles. The van der Waals surface area contributed by atoms with Gasteiger partial charge in [0.2, 0.25) is 0 Å². The minimum atomic E-state index is -0.894. The van der Waals surface area contributed by atoms with Gasteiger partial charge in [-0.2, -0.15) is 0 Å². The lowest BCUT2D eigenvalue weighted by Gasteiger charge is -2.25. The second kappa shape index (κ2) is 4.45. The van der Waals surface area contributed by atoms with Crippen molar-refractivity contribution in [2.24, 2.45) is 0 Å². The fraction of sp³-hybridized carbons (Fsp3) is 0.417. The van der Waals surface area contributed by atoms with Crippen LogP contribution < -0.4 is 0 Å². The van der Waals surface area contributed by atoms with Crippen molar-refractivity contribution in [1.29, 1.82) is 0 Å². The number of hydrogen-bond acceptors (Lipinski definition) is 2. The van der Waals surface area contributed by atoms with E-state index in [1.54, 1.807) is 19.2 Å². The zero-order valence-corrected chi connectivity index (χ0v) is 9.28. The van der Waals surface area contributed by atoms with Crippen LogP contribution in [0.1, 0.15) is 29.8 Å². The van der Waals surface area contributed by atoms with Crippen LogP contribution in [0.3, 0.4) is 0 Å². The van der Waals surface area contributed by atoms with E-state index >= 15 is 0 Å². The first-order valence-corrected chi connectivity index (χ1v) is 4.81. The first-order chi connectivity index (χ1) is 6.99. The highest BCUT2D eigenvalue weighted by Gasteiger charge is 2.25. The lowest BCUT2D eigenvalue weighted by Crippen LogP contribution is -2.26. The summed E-state index contributed by atoms with van der Waals surface area (Å²) in [4.78, 5) is 11.0. The van der Waals surface area contributed by atoms with Crippen LogP contribution in [0.25, 0.3) is 0 Å². The maximum atomic E-state index is 11.0. The van der Waals surface area contributed by atoms with E-state index < -0.39 is 5.97 Å². The van der Waals surface area contributed by atoms with Crippen LogP contribution in [0.4, 0.5) is 0 Å². The molecule has 3 nitrogen and oxygen atoms in total. The maximum absolute atomic E-state index is 11.0. The quantitative estimate of drug-likeness (QED) is 0.825. The molecule has 0 amide bonds. The number of carboxylic acid groups (broad SMARTS) is 1. The predicted molar refractivity (Wildman–Crippen MR) is 58.3 cm³/mol. The Hall–Kier alpha value is -1.35. The van der Waals surface area contributed by atoms with Crippen molar-refractivity contribution in [2.75, 3.05) is 13.7 Å². The van der Waals surface area contributed by atoms with Crippen LogP contribution >= 0.6 is 0 Å². The number of ether oxygens (including phenoxy) is 1. The fourth-order valence-electron chi connectivity index (χ4n) is 1.70. The molecule has 1 aromatic carbocycles. The molecule has 0 unspecified atom stereocenters. The highest BCUT2D eigenvalue weighted by molar-refractivity contribution is 5.89. The minimum Gasteiger partial charge on any atom is -0.478 e.